The van der Waals surface area contributed by atoms with Crippen molar-refractivity contribution >= 4 is 18.3 Å². The second-order valence-corrected chi connectivity index (χ2v) is 6.01. The molecule has 3 rings (SSSR count). The van der Waals surface area contributed by atoms with Gasteiger partial charge in [-0.05, 0) is 50.5 Å². The smallest absolute Gasteiger partial charge is 0.223 e. The van der Waals surface area contributed by atoms with Gasteiger partial charge in [0.2, 0.25) is 5.91 Å². The highest BCUT2D eigenvalue weighted by Gasteiger charge is 2.54. The molecular weight excluding hydrogens is 248 g/mol. The molecule has 1 saturated heterocycles. The molecule has 18 heavy (non-hydrogen) atoms. The Morgan fingerprint density at radius 3 is 2.44 bits per heavy atom. The topological polar surface area (TPSA) is 41.1 Å². The van der Waals surface area contributed by atoms with E-state index in [4.69, 9.17) is 0 Å². The molecule has 1 aliphatic heterocycles. The van der Waals surface area contributed by atoms with Crippen LogP contribution in [0.25, 0.3) is 0 Å². The molecule has 4 heteroatoms. The average Bonchev–Trinajstić information content (AvgIpc) is 2.85. The maximum Gasteiger partial charge on any atom is 0.223 e. The highest BCUT2D eigenvalue weighted by atomic mass is 35.5. The van der Waals surface area contributed by atoms with Gasteiger partial charge in [0.1, 0.15) is 0 Å². The molecule has 3 aliphatic rings. The summed E-state index contributed by atoms with van der Waals surface area (Å²) in [5.41, 5.74) is 0. The molecule has 0 spiro atoms. The first kappa shape index (κ1) is 14.1. The summed E-state index contributed by atoms with van der Waals surface area (Å²) in [6, 6.07) is 0.650. The fourth-order valence-electron chi connectivity index (χ4n) is 3.87. The first-order valence-corrected chi connectivity index (χ1v) is 7.37. The van der Waals surface area contributed by atoms with Crippen molar-refractivity contribution in [2.24, 2.45) is 17.8 Å². The number of carbonyl (C=O) groups excluding carboxylic acids is 1. The third kappa shape index (κ3) is 3.00. The number of amides is 1. The van der Waals surface area contributed by atoms with Crippen LogP contribution >= 0.6 is 12.4 Å². The monoisotopic (exact) mass is 272 g/mol. The van der Waals surface area contributed by atoms with Crippen molar-refractivity contribution < 1.29 is 4.79 Å². The zero-order valence-electron chi connectivity index (χ0n) is 11.0. The van der Waals surface area contributed by atoms with Crippen LogP contribution < -0.4 is 10.6 Å². The summed E-state index contributed by atoms with van der Waals surface area (Å²) in [6.07, 6.45) is 8.97. The van der Waals surface area contributed by atoms with Crippen molar-refractivity contribution in [3.63, 3.8) is 0 Å². The van der Waals surface area contributed by atoms with Gasteiger partial charge in [-0.25, -0.2) is 0 Å². The van der Waals surface area contributed by atoms with Crippen molar-refractivity contribution in [2.45, 2.75) is 51.0 Å². The average molecular weight is 273 g/mol. The fourth-order valence-corrected chi connectivity index (χ4v) is 3.87. The Morgan fingerprint density at radius 2 is 1.83 bits per heavy atom. The molecule has 0 bridgehead atoms. The molecule has 0 aromatic carbocycles. The Hall–Kier alpha value is -0.280. The summed E-state index contributed by atoms with van der Waals surface area (Å²) < 4.78 is 0. The van der Waals surface area contributed by atoms with Crippen LogP contribution in [0.2, 0.25) is 0 Å². The molecule has 0 aromatic rings. The normalized spacial score (nSPS) is 37.6. The van der Waals surface area contributed by atoms with Crippen LogP contribution in [0.15, 0.2) is 0 Å². The van der Waals surface area contributed by atoms with Crippen LogP contribution in [0, 0.1) is 17.8 Å². The van der Waals surface area contributed by atoms with Gasteiger partial charge in [0.25, 0.3) is 0 Å². The number of hydrogen-bond acceptors (Lipinski definition) is 2. The lowest BCUT2D eigenvalue weighted by molar-refractivity contribution is -0.122. The van der Waals surface area contributed by atoms with Crippen LogP contribution in [0.1, 0.15) is 44.9 Å². The fraction of sp³-hybridized carbons (Fsp3) is 0.929. The minimum atomic E-state index is 0. The van der Waals surface area contributed by atoms with E-state index in [0.29, 0.717) is 17.9 Å². The summed E-state index contributed by atoms with van der Waals surface area (Å²) in [5.74, 6) is 2.22. The molecule has 2 aliphatic carbocycles. The van der Waals surface area contributed by atoms with Crippen molar-refractivity contribution in [3.8, 4) is 0 Å². The van der Waals surface area contributed by atoms with Crippen LogP contribution in [0.4, 0.5) is 0 Å². The molecule has 1 amide bonds. The van der Waals surface area contributed by atoms with Crippen LogP contribution in [0.5, 0.6) is 0 Å². The van der Waals surface area contributed by atoms with Crippen molar-refractivity contribution in [2.75, 3.05) is 13.1 Å². The van der Waals surface area contributed by atoms with E-state index in [1.54, 1.807) is 0 Å². The lowest BCUT2D eigenvalue weighted by atomic mass is 10.0. The minimum absolute atomic E-state index is 0. The number of nitrogens with one attached hydrogen (secondary N) is 2. The largest absolute Gasteiger partial charge is 0.356 e. The van der Waals surface area contributed by atoms with E-state index in [1.807, 2.05) is 0 Å². The van der Waals surface area contributed by atoms with Gasteiger partial charge in [0.05, 0.1) is 0 Å². The molecule has 3 fully saturated rings. The van der Waals surface area contributed by atoms with Gasteiger partial charge in [-0.15, -0.1) is 12.4 Å². The molecule has 104 valence electrons. The van der Waals surface area contributed by atoms with E-state index in [2.05, 4.69) is 10.6 Å². The summed E-state index contributed by atoms with van der Waals surface area (Å²) in [4.78, 5) is 12.0. The molecule has 0 aromatic heterocycles. The van der Waals surface area contributed by atoms with Crippen molar-refractivity contribution in [1.82, 2.24) is 10.6 Å². The summed E-state index contributed by atoms with van der Waals surface area (Å²) >= 11 is 0. The zero-order valence-corrected chi connectivity index (χ0v) is 11.8. The lowest BCUT2D eigenvalue weighted by Crippen LogP contribution is -2.31. The lowest BCUT2D eigenvalue weighted by Gasteiger charge is -2.10. The molecule has 2 unspecified atom stereocenters. The highest BCUT2D eigenvalue weighted by Crippen LogP contribution is 2.55. The molecule has 0 radical (unpaired) electrons. The van der Waals surface area contributed by atoms with Gasteiger partial charge in [-0.2, -0.15) is 0 Å². The number of halogens is 1. The van der Waals surface area contributed by atoms with E-state index in [1.165, 1.54) is 38.5 Å². The number of fused-ring (bicyclic) bond motifs is 1. The molecule has 1 heterocycles. The van der Waals surface area contributed by atoms with Gasteiger partial charge < -0.3 is 10.6 Å². The van der Waals surface area contributed by atoms with Crippen LogP contribution in [-0.4, -0.2) is 25.0 Å². The molecule has 2 N–H and O–H groups in total. The Labute approximate surface area is 116 Å². The second-order valence-electron chi connectivity index (χ2n) is 6.01. The second kappa shape index (κ2) is 6.25. The standard InChI is InChI=1S/C14H24N2O.ClH/c17-14(13-11-5-1-2-6-12(11)13)16-9-7-10-4-3-8-15-10;/h10-13,15H,1-9H2,(H,16,17);1H/t10-,11?,12?,13?;/m1./s1. The SMILES string of the molecule is Cl.O=C(NCC[C@H]1CCCN1)C1C2CCCCC21. The van der Waals surface area contributed by atoms with E-state index in [-0.39, 0.29) is 12.4 Å². The van der Waals surface area contributed by atoms with Crippen molar-refractivity contribution in [3.05, 3.63) is 0 Å². The summed E-state index contributed by atoms with van der Waals surface area (Å²) in [7, 11) is 0. The predicted octanol–water partition coefficient (Wildman–Crippen LogP) is 2.10. The maximum atomic E-state index is 12.0. The van der Waals surface area contributed by atoms with Crippen LogP contribution in [-0.2, 0) is 4.79 Å². The molecule has 3 atom stereocenters. The summed E-state index contributed by atoms with van der Waals surface area (Å²) in [6.45, 7) is 2.03. The van der Waals surface area contributed by atoms with Gasteiger partial charge in [-0.3, -0.25) is 4.79 Å². The Bertz CT molecular complexity index is 280. The Morgan fingerprint density at radius 1 is 1.11 bits per heavy atom. The van der Waals surface area contributed by atoms with E-state index >= 15 is 0 Å². The Kier molecular flexibility index (Phi) is 4.91. The quantitative estimate of drug-likeness (QED) is 0.823. The predicted molar refractivity (Wildman–Crippen MR) is 74.8 cm³/mol. The van der Waals surface area contributed by atoms with Crippen LogP contribution in [0.3, 0.4) is 0 Å². The molecule has 3 nitrogen and oxygen atoms in total. The molecule has 2 saturated carbocycles. The minimum Gasteiger partial charge on any atom is -0.356 e. The zero-order chi connectivity index (χ0) is 11.7. The number of carbonyl (C=O) groups is 1. The van der Waals surface area contributed by atoms with E-state index in [0.717, 1.165) is 31.3 Å². The number of rotatable bonds is 4. The third-order valence-electron chi connectivity index (χ3n) is 4.91. The van der Waals surface area contributed by atoms with Gasteiger partial charge in [0.15, 0.2) is 0 Å². The summed E-state index contributed by atoms with van der Waals surface area (Å²) in [5, 5.41) is 6.62. The highest BCUT2D eigenvalue weighted by molar-refractivity contribution is 5.85. The van der Waals surface area contributed by atoms with E-state index < -0.39 is 0 Å². The molecular formula is C14H25ClN2O. The third-order valence-corrected chi connectivity index (χ3v) is 4.91. The first-order chi connectivity index (χ1) is 8.36. The van der Waals surface area contributed by atoms with E-state index in [9.17, 15) is 4.79 Å². The van der Waals surface area contributed by atoms with Crippen molar-refractivity contribution in [1.29, 1.82) is 0 Å². The van der Waals surface area contributed by atoms with Gasteiger partial charge in [0, 0.05) is 18.5 Å². The van der Waals surface area contributed by atoms with Gasteiger partial charge in [-0.1, -0.05) is 12.8 Å². The number of hydrogen-bond donors (Lipinski definition) is 2. The van der Waals surface area contributed by atoms with Gasteiger partial charge >= 0.3 is 0 Å². The first-order valence-electron chi connectivity index (χ1n) is 7.37. The Balaban J connectivity index is 0.00000120. The maximum absolute atomic E-state index is 12.0.